The summed E-state index contributed by atoms with van der Waals surface area (Å²) in [7, 11) is -3.41. The first-order valence-corrected chi connectivity index (χ1v) is 12.6. The number of nitrogens with one attached hydrogen (secondary N) is 1. The van der Waals surface area contributed by atoms with Crippen molar-refractivity contribution in [2.75, 3.05) is 25.9 Å². The molecule has 2 rings (SSSR count). The highest BCUT2D eigenvalue weighted by Crippen LogP contribution is 2.50. The van der Waals surface area contributed by atoms with Gasteiger partial charge in [-0.1, -0.05) is 60.7 Å². The maximum atomic E-state index is 13.0. The molecule has 0 fully saturated rings. The maximum Gasteiger partial charge on any atom is 0.331 e. The lowest BCUT2D eigenvalue weighted by Crippen LogP contribution is -2.35. The fourth-order valence-corrected chi connectivity index (χ4v) is 5.09. The second-order valence-electron chi connectivity index (χ2n) is 7.20. The summed E-state index contributed by atoms with van der Waals surface area (Å²) >= 11 is 0. The van der Waals surface area contributed by atoms with Gasteiger partial charge in [-0.15, -0.1) is 0 Å². The van der Waals surface area contributed by atoms with Crippen molar-refractivity contribution in [2.24, 2.45) is 5.92 Å². The number of ether oxygens (including phenoxy) is 1. The molecule has 7 nitrogen and oxygen atoms in total. The van der Waals surface area contributed by atoms with Gasteiger partial charge >= 0.3 is 13.6 Å². The maximum absolute atomic E-state index is 13.0. The molecule has 8 heteroatoms. The Balaban J connectivity index is 1.93. The summed E-state index contributed by atoms with van der Waals surface area (Å²) in [5, 5.41) is 2.77. The van der Waals surface area contributed by atoms with Gasteiger partial charge in [-0.25, -0.2) is 0 Å². The van der Waals surface area contributed by atoms with E-state index in [0.717, 1.165) is 11.1 Å². The molecule has 0 aliphatic carbocycles. The quantitative estimate of drug-likeness (QED) is 0.332. The summed E-state index contributed by atoms with van der Waals surface area (Å²) in [6, 6.07) is 18.9. The van der Waals surface area contributed by atoms with Gasteiger partial charge in [0.2, 0.25) is 5.91 Å². The smallest absolute Gasteiger partial charge is 0.331 e. The highest BCUT2D eigenvalue weighted by Gasteiger charge is 2.32. The number of carbonyl (C=O) groups is 2. The van der Waals surface area contributed by atoms with Crippen LogP contribution in [0, 0.1) is 5.92 Å². The second-order valence-corrected chi connectivity index (χ2v) is 9.31. The summed E-state index contributed by atoms with van der Waals surface area (Å²) in [6.45, 7) is 4.24. The van der Waals surface area contributed by atoms with Crippen molar-refractivity contribution in [2.45, 2.75) is 33.3 Å². The minimum atomic E-state index is -3.41. The van der Waals surface area contributed by atoms with Gasteiger partial charge in [-0.3, -0.25) is 14.2 Å². The van der Waals surface area contributed by atoms with Gasteiger partial charge in [0, 0.05) is 6.54 Å². The van der Waals surface area contributed by atoms with Crippen LogP contribution in [-0.4, -0.2) is 37.8 Å². The topological polar surface area (TPSA) is 90.9 Å². The molecule has 1 atom stereocenters. The van der Waals surface area contributed by atoms with Crippen LogP contribution in [0.5, 0.6) is 0 Å². The molecule has 0 aliphatic heterocycles. The Morgan fingerprint density at radius 1 is 0.906 bits per heavy atom. The van der Waals surface area contributed by atoms with Crippen molar-refractivity contribution in [3.05, 3.63) is 71.8 Å². The highest BCUT2D eigenvalue weighted by atomic mass is 31.2. The Morgan fingerprint density at radius 2 is 1.47 bits per heavy atom. The van der Waals surface area contributed by atoms with E-state index in [0.29, 0.717) is 6.42 Å². The van der Waals surface area contributed by atoms with Crippen molar-refractivity contribution >= 4 is 19.5 Å². The molecule has 0 bridgehead atoms. The molecule has 174 valence electrons. The van der Waals surface area contributed by atoms with Crippen molar-refractivity contribution in [1.82, 2.24) is 5.32 Å². The van der Waals surface area contributed by atoms with Crippen LogP contribution >= 0.6 is 7.60 Å². The van der Waals surface area contributed by atoms with Gasteiger partial charge < -0.3 is 19.1 Å². The Bertz CT molecular complexity index is 865. The predicted molar refractivity (Wildman–Crippen MR) is 123 cm³/mol. The molecule has 0 aliphatic rings. The van der Waals surface area contributed by atoms with Crippen LogP contribution in [-0.2, 0) is 41.0 Å². The molecular formula is C24H32NO6P. The zero-order chi connectivity index (χ0) is 23.2. The minimum Gasteiger partial charge on any atom is -0.461 e. The lowest BCUT2D eigenvalue weighted by molar-refractivity contribution is -0.144. The Hall–Kier alpha value is -2.47. The SMILES string of the molecule is CCOP(=O)(CC(Cc1ccccc1)C(=O)NCCC(=O)OCc1ccccc1)OCC. The van der Waals surface area contributed by atoms with Gasteiger partial charge in [0.05, 0.1) is 31.7 Å². The molecule has 1 unspecified atom stereocenters. The fourth-order valence-electron chi connectivity index (χ4n) is 3.19. The molecule has 0 spiro atoms. The zero-order valence-electron chi connectivity index (χ0n) is 18.7. The van der Waals surface area contributed by atoms with E-state index in [1.165, 1.54) is 0 Å². The van der Waals surface area contributed by atoms with Crippen molar-refractivity contribution in [1.29, 1.82) is 0 Å². The lowest BCUT2D eigenvalue weighted by Gasteiger charge is -2.23. The Kier molecular flexibility index (Phi) is 11.2. The normalized spacial score (nSPS) is 12.2. The number of amides is 1. The third kappa shape index (κ3) is 9.35. The van der Waals surface area contributed by atoms with Gasteiger partial charge in [-0.2, -0.15) is 0 Å². The number of hydrogen-bond acceptors (Lipinski definition) is 6. The second kappa shape index (κ2) is 13.8. The van der Waals surface area contributed by atoms with Crippen molar-refractivity contribution in [3.63, 3.8) is 0 Å². The first-order valence-electron chi connectivity index (χ1n) is 10.8. The van der Waals surface area contributed by atoms with E-state index >= 15 is 0 Å². The van der Waals surface area contributed by atoms with E-state index in [4.69, 9.17) is 13.8 Å². The summed E-state index contributed by atoms with van der Waals surface area (Å²) in [6.07, 6.45) is 0.397. The van der Waals surface area contributed by atoms with Gasteiger partial charge in [0.25, 0.3) is 0 Å². The summed E-state index contributed by atoms with van der Waals surface area (Å²) in [4.78, 5) is 24.9. The Labute approximate surface area is 190 Å². The van der Waals surface area contributed by atoms with Crippen LogP contribution in [0.3, 0.4) is 0 Å². The monoisotopic (exact) mass is 461 g/mol. The third-order valence-corrected chi connectivity index (χ3v) is 6.85. The van der Waals surface area contributed by atoms with Crippen LogP contribution < -0.4 is 5.32 Å². The van der Waals surface area contributed by atoms with Crippen LogP contribution in [0.15, 0.2) is 60.7 Å². The van der Waals surface area contributed by atoms with Gasteiger partial charge in [0.15, 0.2) is 0 Å². The van der Waals surface area contributed by atoms with E-state index < -0.39 is 19.5 Å². The fraction of sp³-hybridized carbons (Fsp3) is 0.417. The largest absolute Gasteiger partial charge is 0.461 e. The molecular weight excluding hydrogens is 429 g/mol. The summed E-state index contributed by atoms with van der Waals surface area (Å²) in [5.74, 6) is -1.32. The molecule has 0 saturated carbocycles. The van der Waals surface area contributed by atoms with Crippen LogP contribution in [0.1, 0.15) is 31.4 Å². The van der Waals surface area contributed by atoms with Crippen LogP contribution in [0.4, 0.5) is 0 Å². The molecule has 0 heterocycles. The molecule has 0 saturated heterocycles. The third-order valence-electron chi connectivity index (χ3n) is 4.66. The molecule has 1 N–H and O–H groups in total. The average Bonchev–Trinajstić information content (AvgIpc) is 2.79. The van der Waals surface area contributed by atoms with Gasteiger partial charge in [-0.05, 0) is 31.4 Å². The van der Waals surface area contributed by atoms with Crippen LogP contribution in [0.25, 0.3) is 0 Å². The molecule has 1 amide bonds. The first kappa shape index (κ1) is 25.8. The Morgan fingerprint density at radius 3 is 2.03 bits per heavy atom. The lowest BCUT2D eigenvalue weighted by atomic mass is 10.0. The summed E-state index contributed by atoms with van der Waals surface area (Å²) in [5.41, 5.74) is 1.84. The van der Waals surface area contributed by atoms with E-state index in [2.05, 4.69) is 5.32 Å². The standard InChI is InChI=1S/C24H32NO6P/c1-3-30-32(28,31-4-2)19-22(17-20-11-7-5-8-12-20)24(27)25-16-15-23(26)29-18-21-13-9-6-10-14-21/h5-14,22H,3-4,15-19H2,1-2H3,(H,25,27). The number of benzene rings is 2. The number of rotatable bonds is 14. The van der Waals surface area contributed by atoms with Crippen molar-refractivity contribution in [3.8, 4) is 0 Å². The molecule has 2 aromatic rings. The minimum absolute atomic E-state index is 0.0339. The summed E-state index contributed by atoms with van der Waals surface area (Å²) < 4.78 is 29.0. The molecule has 0 aromatic heterocycles. The number of carbonyl (C=O) groups excluding carboxylic acids is 2. The average molecular weight is 461 g/mol. The first-order chi connectivity index (χ1) is 15.5. The highest BCUT2D eigenvalue weighted by molar-refractivity contribution is 7.53. The van der Waals surface area contributed by atoms with E-state index in [9.17, 15) is 14.2 Å². The van der Waals surface area contributed by atoms with Crippen molar-refractivity contribution < 1.29 is 27.9 Å². The molecule has 0 radical (unpaired) electrons. The van der Waals surface area contributed by atoms with Gasteiger partial charge in [0.1, 0.15) is 6.61 Å². The predicted octanol–water partition coefficient (Wildman–Crippen LogP) is 4.36. The molecule has 32 heavy (non-hydrogen) atoms. The molecule has 2 aromatic carbocycles. The van der Waals surface area contributed by atoms with E-state index in [-0.39, 0.29) is 44.9 Å². The van der Waals surface area contributed by atoms with E-state index in [1.807, 2.05) is 60.7 Å². The van der Waals surface area contributed by atoms with E-state index in [1.54, 1.807) is 13.8 Å². The number of esters is 1. The zero-order valence-corrected chi connectivity index (χ0v) is 19.6. The number of hydrogen-bond donors (Lipinski definition) is 1. The van der Waals surface area contributed by atoms with Crippen LogP contribution in [0.2, 0.25) is 0 Å².